The molecule has 25 heavy (non-hydrogen) atoms. The molecule has 2 aliphatic rings. The van der Waals surface area contributed by atoms with E-state index in [0.29, 0.717) is 30.1 Å². The summed E-state index contributed by atoms with van der Waals surface area (Å²) in [5.74, 6) is -1.56. The molecule has 134 valence electrons. The summed E-state index contributed by atoms with van der Waals surface area (Å²) < 4.78 is 21.1. The highest BCUT2D eigenvalue weighted by atomic mass is 35.5. The zero-order valence-electron chi connectivity index (χ0n) is 14.0. The zero-order chi connectivity index (χ0) is 18.0. The highest BCUT2D eigenvalue weighted by Crippen LogP contribution is 2.49. The molecule has 1 fully saturated rings. The Morgan fingerprint density at radius 2 is 2.08 bits per heavy atom. The number of benzene rings is 1. The van der Waals surface area contributed by atoms with Gasteiger partial charge >= 0.3 is 0 Å². The van der Waals surface area contributed by atoms with Crippen LogP contribution in [0.3, 0.4) is 0 Å². The Balaban J connectivity index is 2.20. The first-order valence-electron chi connectivity index (χ1n) is 8.16. The molecule has 0 spiro atoms. The van der Waals surface area contributed by atoms with Crippen LogP contribution >= 0.6 is 11.6 Å². The van der Waals surface area contributed by atoms with E-state index in [2.05, 4.69) is 10.2 Å². The monoisotopic (exact) mass is 365 g/mol. The summed E-state index contributed by atoms with van der Waals surface area (Å²) in [5.41, 5.74) is 6.78. The van der Waals surface area contributed by atoms with Crippen molar-refractivity contribution in [2.75, 3.05) is 33.3 Å². The standard InChI is InChI=1S/C18H21ClFN3O2/c1-25-15-5-3-2-4-12(15)16-14(23-10-8-22-9-11-23)7-6-13(17(21)24)18(16,19)20/h2-7,13,22H,8-11H2,1H3,(H2,21,24). The van der Waals surface area contributed by atoms with Crippen LogP contribution in [0.2, 0.25) is 0 Å². The molecular weight excluding hydrogens is 345 g/mol. The van der Waals surface area contributed by atoms with Crippen LogP contribution in [-0.2, 0) is 4.79 Å². The molecule has 2 atom stereocenters. The largest absolute Gasteiger partial charge is 0.496 e. The molecule has 1 aromatic carbocycles. The second kappa shape index (κ2) is 7.06. The van der Waals surface area contributed by atoms with Crippen molar-refractivity contribution >= 4 is 23.1 Å². The fourth-order valence-electron chi connectivity index (χ4n) is 3.33. The Morgan fingerprint density at radius 3 is 2.72 bits per heavy atom. The lowest BCUT2D eigenvalue weighted by atomic mass is 9.84. The van der Waals surface area contributed by atoms with Gasteiger partial charge in [0, 0.05) is 43.0 Å². The normalized spacial score (nSPS) is 26.7. The maximum Gasteiger partial charge on any atom is 0.229 e. The highest BCUT2D eigenvalue weighted by molar-refractivity contribution is 6.31. The van der Waals surface area contributed by atoms with Crippen molar-refractivity contribution < 1.29 is 13.9 Å². The quantitative estimate of drug-likeness (QED) is 0.800. The molecule has 1 saturated heterocycles. The van der Waals surface area contributed by atoms with E-state index in [0.717, 1.165) is 13.1 Å². The number of nitrogens with one attached hydrogen (secondary N) is 1. The Hall–Kier alpha value is -2.05. The number of carbonyl (C=O) groups is 1. The first-order valence-corrected chi connectivity index (χ1v) is 8.53. The van der Waals surface area contributed by atoms with Gasteiger partial charge in [-0.15, -0.1) is 0 Å². The summed E-state index contributed by atoms with van der Waals surface area (Å²) in [7, 11) is 1.52. The molecule has 7 heteroatoms. The summed E-state index contributed by atoms with van der Waals surface area (Å²) in [4.78, 5) is 13.8. The maximum absolute atomic E-state index is 15.7. The number of amides is 1. The van der Waals surface area contributed by atoms with Crippen LogP contribution < -0.4 is 15.8 Å². The number of rotatable bonds is 4. The average molecular weight is 366 g/mol. The lowest BCUT2D eigenvalue weighted by Gasteiger charge is -2.38. The second-order valence-electron chi connectivity index (χ2n) is 6.06. The smallest absolute Gasteiger partial charge is 0.229 e. The molecule has 0 bridgehead atoms. The summed E-state index contributed by atoms with van der Waals surface area (Å²) >= 11 is 6.30. The number of methoxy groups -OCH3 is 1. The van der Waals surface area contributed by atoms with Gasteiger partial charge in [0.1, 0.15) is 11.7 Å². The number of piperazine rings is 1. The van der Waals surface area contributed by atoms with Crippen molar-refractivity contribution in [3.63, 3.8) is 0 Å². The van der Waals surface area contributed by atoms with E-state index in [-0.39, 0.29) is 5.57 Å². The van der Waals surface area contributed by atoms with Gasteiger partial charge in [-0.05, 0) is 12.1 Å². The van der Waals surface area contributed by atoms with Crippen LogP contribution in [-0.4, -0.2) is 49.2 Å². The van der Waals surface area contributed by atoms with E-state index in [1.54, 1.807) is 30.3 Å². The number of nitrogens with zero attached hydrogens (tertiary/aromatic N) is 1. The molecule has 1 aliphatic carbocycles. The van der Waals surface area contributed by atoms with Gasteiger partial charge in [0.05, 0.1) is 7.11 Å². The van der Waals surface area contributed by atoms with Crippen LogP contribution in [0.1, 0.15) is 5.56 Å². The van der Waals surface area contributed by atoms with Crippen LogP contribution in [0.5, 0.6) is 5.75 Å². The van der Waals surface area contributed by atoms with E-state index >= 15 is 4.39 Å². The van der Waals surface area contributed by atoms with Crippen LogP contribution in [0.25, 0.3) is 5.57 Å². The van der Waals surface area contributed by atoms with Crippen LogP contribution in [0.15, 0.2) is 42.1 Å². The van der Waals surface area contributed by atoms with Gasteiger partial charge in [0.2, 0.25) is 11.0 Å². The number of ether oxygens (including phenoxy) is 1. The van der Waals surface area contributed by atoms with E-state index in [4.69, 9.17) is 22.1 Å². The van der Waals surface area contributed by atoms with Crippen molar-refractivity contribution in [1.29, 1.82) is 0 Å². The van der Waals surface area contributed by atoms with Crippen molar-refractivity contribution in [1.82, 2.24) is 10.2 Å². The number of allylic oxidation sites excluding steroid dienone is 2. The lowest BCUT2D eigenvalue weighted by Crippen LogP contribution is -2.46. The molecule has 5 nitrogen and oxygen atoms in total. The van der Waals surface area contributed by atoms with Crippen molar-refractivity contribution in [2.24, 2.45) is 11.7 Å². The molecule has 3 rings (SSSR count). The van der Waals surface area contributed by atoms with Gasteiger partial charge < -0.3 is 20.7 Å². The van der Waals surface area contributed by atoms with Gasteiger partial charge in [-0.1, -0.05) is 35.9 Å². The number of halogens is 2. The third-order valence-corrected chi connectivity index (χ3v) is 4.99. The van der Waals surface area contributed by atoms with E-state index in [1.807, 2.05) is 0 Å². The van der Waals surface area contributed by atoms with E-state index in [1.165, 1.54) is 13.2 Å². The summed E-state index contributed by atoms with van der Waals surface area (Å²) in [6, 6.07) is 7.06. The Labute approximate surface area is 151 Å². The third kappa shape index (κ3) is 3.24. The van der Waals surface area contributed by atoms with Gasteiger partial charge in [-0.2, -0.15) is 0 Å². The predicted octanol–water partition coefficient (Wildman–Crippen LogP) is 1.89. The van der Waals surface area contributed by atoms with Gasteiger partial charge in [0.15, 0.2) is 0 Å². The number of para-hydroxylation sites is 1. The molecule has 0 radical (unpaired) electrons. The number of alkyl halides is 2. The molecule has 2 unspecified atom stereocenters. The Morgan fingerprint density at radius 1 is 1.40 bits per heavy atom. The van der Waals surface area contributed by atoms with Gasteiger partial charge in [-0.3, -0.25) is 4.79 Å². The minimum atomic E-state index is -2.45. The van der Waals surface area contributed by atoms with E-state index in [9.17, 15) is 4.79 Å². The third-order valence-electron chi connectivity index (χ3n) is 4.57. The van der Waals surface area contributed by atoms with Gasteiger partial charge in [-0.25, -0.2) is 4.39 Å². The first kappa shape index (κ1) is 17.8. The number of hydrogen-bond acceptors (Lipinski definition) is 4. The minimum Gasteiger partial charge on any atom is -0.496 e. The zero-order valence-corrected chi connectivity index (χ0v) is 14.7. The fraction of sp³-hybridized carbons (Fsp3) is 0.389. The molecule has 1 heterocycles. The van der Waals surface area contributed by atoms with Crippen LogP contribution in [0.4, 0.5) is 4.39 Å². The molecule has 0 aromatic heterocycles. The topological polar surface area (TPSA) is 67.6 Å². The van der Waals surface area contributed by atoms with Crippen molar-refractivity contribution in [3.05, 3.63) is 47.7 Å². The minimum absolute atomic E-state index is 0.222. The molecule has 1 amide bonds. The molecule has 3 N–H and O–H groups in total. The molecule has 0 saturated carbocycles. The van der Waals surface area contributed by atoms with Gasteiger partial charge in [0.25, 0.3) is 0 Å². The number of primary amides is 1. The Bertz CT molecular complexity index is 727. The van der Waals surface area contributed by atoms with Crippen LogP contribution in [0, 0.1) is 5.92 Å². The second-order valence-corrected chi connectivity index (χ2v) is 6.61. The Kier molecular flexibility index (Phi) is 5.01. The molecular formula is C18H21ClFN3O2. The number of nitrogens with two attached hydrogens (primary N) is 1. The van der Waals surface area contributed by atoms with Crippen molar-refractivity contribution in [2.45, 2.75) is 5.13 Å². The summed E-state index contributed by atoms with van der Waals surface area (Å²) in [6.07, 6.45) is 3.19. The molecule has 1 aromatic rings. The number of hydrogen-bond donors (Lipinski definition) is 2. The summed E-state index contributed by atoms with van der Waals surface area (Å²) in [5, 5.41) is 0.816. The summed E-state index contributed by atoms with van der Waals surface area (Å²) in [6.45, 7) is 3.01. The predicted molar refractivity (Wildman–Crippen MR) is 95.9 cm³/mol. The van der Waals surface area contributed by atoms with E-state index < -0.39 is 17.0 Å². The SMILES string of the molecule is COc1ccccc1C1=C(N2CCNCC2)C=CC(C(N)=O)C1(F)Cl. The maximum atomic E-state index is 15.7. The highest BCUT2D eigenvalue weighted by Gasteiger charge is 2.48. The first-order chi connectivity index (χ1) is 12.0. The lowest BCUT2D eigenvalue weighted by molar-refractivity contribution is -0.122. The molecule has 1 aliphatic heterocycles. The number of carbonyl (C=O) groups excluding carboxylic acids is 1. The fourth-order valence-corrected chi connectivity index (χ4v) is 3.71. The van der Waals surface area contributed by atoms with Crippen molar-refractivity contribution in [3.8, 4) is 5.75 Å². The average Bonchev–Trinajstić information content (AvgIpc) is 2.61.